The number of hydrogen-bond acceptors (Lipinski definition) is 3. The molecule has 0 bridgehead atoms. The van der Waals surface area contributed by atoms with E-state index in [1.807, 2.05) is 48.5 Å². The molecule has 1 fully saturated rings. The first kappa shape index (κ1) is 18.6. The molecule has 4 aromatic rings. The number of benzene rings is 4. The molecule has 5 rings (SSSR count). The number of anilines is 2. The van der Waals surface area contributed by atoms with Gasteiger partial charge >= 0.3 is 0 Å². The van der Waals surface area contributed by atoms with E-state index in [-0.39, 0.29) is 5.91 Å². The predicted molar refractivity (Wildman–Crippen MR) is 126 cm³/mol. The summed E-state index contributed by atoms with van der Waals surface area (Å²) in [5.41, 5.74) is 2.75. The van der Waals surface area contributed by atoms with Crippen molar-refractivity contribution < 1.29 is 4.79 Å². The van der Waals surface area contributed by atoms with Gasteiger partial charge in [0.15, 0.2) is 0 Å². The van der Waals surface area contributed by atoms with E-state index in [2.05, 4.69) is 52.5 Å². The van der Waals surface area contributed by atoms with Gasteiger partial charge in [-0.05, 0) is 47.5 Å². The molecule has 1 saturated heterocycles. The largest absolute Gasteiger partial charge is 0.368 e. The Morgan fingerprint density at radius 1 is 0.767 bits per heavy atom. The summed E-state index contributed by atoms with van der Waals surface area (Å²) in [6, 6.07) is 26.4. The van der Waals surface area contributed by atoms with E-state index in [9.17, 15) is 4.79 Å². The van der Waals surface area contributed by atoms with E-state index in [0.29, 0.717) is 5.56 Å². The van der Waals surface area contributed by atoms with Crippen molar-refractivity contribution in [1.82, 2.24) is 4.90 Å². The first-order valence-corrected chi connectivity index (χ1v) is 10.4. The summed E-state index contributed by atoms with van der Waals surface area (Å²) < 4.78 is 0. The zero-order chi connectivity index (χ0) is 20.5. The van der Waals surface area contributed by atoms with Gasteiger partial charge in [0.2, 0.25) is 0 Å². The van der Waals surface area contributed by atoms with Gasteiger partial charge in [-0.2, -0.15) is 0 Å². The molecule has 0 spiro atoms. The first-order chi connectivity index (χ1) is 14.7. The van der Waals surface area contributed by atoms with Crippen LogP contribution in [0.3, 0.4) is 0 Å². The van der Waals surface area contributed by atoms with Crippen LogP contribution in [-0.4, -0.2) is 44.0 Å². The highest BCUT2D eigenvalue weighted by atomic mass is 16.1. The van der Waals surface area contributed by atoms with Gasteiger partial charge in [-0.25, -0.2) is 0 Å². The van der Waals surface area contributed by atoms with Gasteiger partial charge in [-0.15, -0.1) is 0 Å². The third kappa shape index (κ3) is 3.51. The first-order valence-electron chi connectivity index (χ1n) is 10.4. The minimum Gasteiger partial charge on any atom is -0.368 e. The molecule has 4 aromatic carbocycles. The van der Waals surface area contributed by atoms with Gasteiger partial charge in [-0.3, -0.25) is 4.79 Å². The Labute approximate surface area is 176 Å². The van der Waals surface area contributed by atoms with E-state index < -0.39 is 0 Å². The molecule has 1 amide bonds. The fourth-order valence-corrected chi connectivity index (χ4v) is 4.28. The van der Waals surface area contributed by atoms with Crippen LogP contribution >= 0.6 is 0 Å². The molecular weight excluding hydrogens is 370 g/mol. The number of hydrogen-bond donors (Lipinski definition) is 1. The highest BCUT2D eigenvalue weighted by molar-refractivity contribution is 6.13. The summed E-state index contributed by atoms with van der Waals surface area (Å²) in [5.74, 6) is -0.0803. The van der Waals surface area contributed by atoms with Crippen molar-refractivity contribution in [2.45, 2.75) is 0 Å². The zero-order valence-electron chi connectivity index (χ0n) is 17.1. The van der Waals surface area contributed by atoms with Crippen LogP contribution in [0.5, 0.6) is 0 Å². The van der Waals surface area contributed by atoms with Gasteiger partial charge in [0.05, 0.1) is 0 Å². The Bertz CT molecular complexity index is 1220. The number of rotatable bonds is 3. The Morgan fingerprint density at radius 2 is 1.47 bits per heavy atom. The van der Waals surface area contributed by atoms with Crippen LogP contribution in [0.25, 0.3) is 21.5 Å². The van der Waals surface area contributed by atoms with Crippen molar-refractivity contribution in [3.63, 3.8) is 0 Å². The maximum Gasteiger partial charge on any atom is 0.256 e. The number of fused-ring (bicyclic) bond motifs is 2. The van der Waals surface area contributed by atoms with Crippen LogP contribution in [0.4, 0.5) is 11.4 Å². The zero-order valence-corrected chi connectivity index (χ0v) is 17.1. The molecule has 1 N–H and O–H groups in total. The Hall–Kier alpha value is -3.37. The quantitative estimate of drug-likeness (QED) is 0.530. The van der Waals surface area contributed by atoms with Gasteiger partial charge in [0, 0.05) is 48.5 Å². The molecule has 0 aromatic heterocycles. The van der Waals surface area contributed by atoms with Crippen LogP contribution < -0.4 is 10.2 Å². The van der Waals surface area contributed by atoms with Crippen LogP contribution in [0.2, 0.25) is 0 Å². The number of carbonyl (C=O) groups is 1. The molecule has 1 heterocycles. The highest BCUT2D eigenvalue weighted by Crippen LogP contribution is 2.30. The fourth-order valence-electron chi connectivity index (χ4n) is 4.28. The van der Waals surface area contributed by atoms with Gasteiger partial charge in [0.1, 0.15) is 0 Å². The lowest BCUT2D eigenvalue weighted by Crippen LogP contribution is -2.44. The van der Waals surface area contributed by atoms with Gasteiger partial charge in [-0.1, -0.05) is 54.6 Å². The second-order valence-electron chi connectivity index (χ2n) is 7.98. The van der Waals surface area contributed by atoms with Crippen molar-refractivity contribution in [3.05, 3.63) is 84.4 Å². The smallest absolute Gasteiger partial charge is 0.256 e. The van der Waals surface area contributed by atoms with E-state index in [4.69, 9.17) is 0 Å². The standard InChI is InChI=1S/C26H25N3O/c1-28-14-16-29(17-15-28)25-11-5-8-20-12-13-21(18-24(20)25)27-26(30)23-10-4-7-19-6-2-3-9-22(19)23/h2-13,18H,14-17H2,1H3,(H,27,30). The van der Waals surface area contributed by atoms with E-state index >= 15 is 0 Å². The predicted octanol–water partition coefficient (Wildman–Crippen LogP) is 5.00. The number of piperazine rings is 1. The minimum absolute atomic E-state index is 0.0803. The molecule has 0 unspecified atom stereocenters. The number of nitrogens with one attached hydrogen (secondary N) is 1. The average Bonchev–Trinajstić information content (AvgIpc) is 2.79. The van der Waals surface area contributed by atoms with Gasteiger partial charge < -0.3 is 15.1 Å². The van der Waals surface area contributed by atoms with Crippen LogP contribution in [0.1, 0.15) is 10.4 Å². The van der Waals surface area contributed by atoms with E-state index in [0.717, 1.165) is 42.6 Å². The molecule has 150 valence electrons. The molecule has 4 nitrogen and oxygen atoms in total. The summed E-state index contributed by atoms with van der Waals surface area (Å²) >= 11 is 0. The highest BCUT2D eigenvalue weighted by Gasteiger charge is 2.17. The van der Waals surface area contributed by atoms with Crippen molar-refractivity contribution in [1.29, 1.82) is 0 Å². The number of amides is 1. The minimum atomic E-state index is -0.0803. The molecule has 0 aliphatic carbocycles. The Kier molecular flexibility index (Phi) is 4.85. The summed E-state index contributed by atoms with van der Waals surface area (Å²) in [4.78, 5) is 17.9. The maximum atomic E-state index is 13.1. The monoisotopic (exact) mass is 395 g/mol. The third-order valence-electron chi connectivity index (χ3n) is 6.00. The van der Waals surface area contributed by atoms with Crippen molar-refractivity contribution in [2.24, 2.45) is 0 Å². The molecule has 0 saturated carbocycles. The summed E-state index contributed by atoms with van der Waals surface area (Å²) in [6.45, 7) is 4.16. The fraction of sp³-hybridized carbons (Fsp3) is 0.192. The maximum absolute atomic E-state index is 13.1. The third-order valence-corrected chi connectivity index (χ3v) is 6.00. The van der Waals surface area contributed by atoms with E-state index in [1.165, 1.54) is 16.5 Å². The van der Waals surface area contributed by atoms with Crippen molar-refractivity contribution in [2.75, 3.05) is 43.4 Å². The number of likely N-dealkylation sites (N-methyl/N-ethyl adjacent to an activating group) is 1. The lowest BCUT2D eigenvalue weighted by molar-refractivity contribution is 0.102. The topological polar surface area (TPSA) is 35.6 Å². The lowest BCUT2D eigenvalue weighted by Gasteiger charge is -2.34. The van der Waals surface area contributed by atoms with Crippen LogP contribution in [0, 0.1) is 0 Å². The molecule has 4 heteroatoms. The van der Waals surface area contributed by atoms with Gasteiger partial charge in [0.25, 0.3) is 5.91 Å². The molecular formula is C26H25N3O. The van der Waals surface area contributed by atoms with Crippen molar-refractivity contribution in [3.8, 4) is 0 Å². The summed E-state index contributed by atoms with van der Waals surface area (Å²) in [5, 5.41) is 7.52. The Balaban J connectivity index is 1.47. The average molecular weight is 396 g/mol. The second kappa shape index (κ2) is 7.81. The number of nitrogens with zero attached hydrogens (tertiary/aromatic N) is 2. The lowest BCUT2D eigenvalue weighted by atomic mass is 10.0. The Morgan fingerprint density at radius 3 is 2.30 bits per heavy atom. The molecule has 1 aliphatic rings. The molecule has 0 radical (unpaired) electrons. The summed E-state index contributed by atoms with van der Waals surface area (Å²) in [7, 11) is 2.17. The SMILES string of the molecule is CN1CCN(c2cccc3ccc(NC(=O)c4cccc5ccccc45)cc23)CC1. The van der Waals surface area contributed by atoms with E-state index in [1.54, 1.807) is 0 Å². The molecule has 1 aliphatic heterocycles. The number of carbonyl (C=O) groups excluding carboxylic acids is 1. The molecule has 30 heavy (non-hydrogen) atoms. The second-order valence-corrected chi connectivity index (χ2v) is 7.98. The summed E-state index contributed by atoms with van der Waals surface area (Å²) in [6.07, 6.45) is 0. The van der Waals surface area contributed by atoms with Crippen LogP contribution in [0.15, 0.2) is 78.9 Å². The van der Waals surface area contributed by atoms with Crippen LogP contribution in [-0.2, 0) is 0 Å². The normalized spacial score (nSPS) is 14.9. The van der Waals surface area contributed by atoms with Crippen molar-refractivity contribution >= 4 is 38.8 Å². The molecule has 0 atom stereocenters.